The van der Waals surface area contributed by atoms with Crippen molar-refractivity contribution in [3.8, 4) is 0 Å². The Balaban J connectivity index is 1.33. The molecule has 0 unspecified atom stereocenters. The minimum absolute atomic E-state index is 0.660. The van der Waals surface area contributed by atoms with E-state index in [2.05, 4.69) is 107 Å². The first kappa shape index (κ1) is 22.9. The summed E-state index contributed by atoms with van der Waals surface area (Å²) in [4.78, 5) is 4.67. The van der Waals surface area contributed by atoms with Crippen molar-refractivity contribution in [2.24, 2.45) is 0 Å². The molecule has 0 atom stereocenters. The Kier molecular flexibility index (Phi) is 9.15. The number of rotatable bonds is 5. The Morgan fingerprint density at radius 2 is 1.31 bits per heavy atom. The van der Waals surface area contributed by atoms with Gasteiger partial charge in [-0.05, 0) is 118 Å². The Morgan fingerprint density at radius 1 is 0.793 bits per heavy atom. The van der Waals surface area contributed by atoms with Crippen LogP contribution in [0.5, 0.6) is 0 Å². The highest BCUT2D eigenvalue weighted by molar-refractivity contribution is 14.1. The van der Waals surface area contributed by atoms with Crippen molar-refractivity contribution in [1.82, 2.24) is 15.1 Å². The molecule has 3 rings (SSSR count). The number of anilines is 2. The maximum Gasteiger partial charge on any atom is 0.173 e. The average molecular weight is 651 g/mol. The molecule has 1 saturated heterocycles. The van der Waals surface area contributed by atoms with Gasteiger partial charge in [-0.25, -0.2) is 0 Å². The van der Waals surface area contributed by atoms with Gasteiger partial charge in [-0.3, -0.25) is 4.90 Å². The molecule has 0 saturated carbocycles. The van der Waals surface area contributed by atoms with Crippen molar-refractivity contribution in [3.63, 3.8) is 0 Å². The fourth-order valence-electron chi connectivity index (χ4n) is 2.95. The van der Waals surface area contributed by atoms with Crippen LogP contribution in [-0.4, -0.2) is 59.3 Å². The molecule has 0 bridgehead atoms. The average Bonchev–Trinajstić information content (AvgIpc) is 2.72. The summed E-state index contributed by atoms with van der Waals surface area (Å²) in [6.07, 6.45) is 0. The van der Waals surface area contributed by atoms with E-state index in [1.807, 2.05) is 12.1 Å². The predicted molar refractivity (Wildman–Crippen MR) is 147 cm³/mol. The second-order valence-corrected chi connectivity index (χ2v) is 9.94. The molecule has 9 heteroatoms. The lowest BCUT2D eigenvalue weighted by molar-refractivity contribution is 0.186. The molecular weight excluding hydrogens is 628 g/mol. The fourth-order valence-corrected chi connectivity index (χ4v) is 4.19. The molecule has 1 heterocycles. The molecule has 1 aliphatic rings. The van der Waals surface area contributed by atoms with Gasteiger partial charge in [0.1, 0.15) is 0 Å². The third-order valence-electron chi connectivity index (χ3n) is 4.57. The van der Waals surface area contributed by atoms with Crippen LogP contribution < -0.4 is 16.0 Å². The third kappa shape index (κ3) is 7.78. The Labute approximate surface area is 210 Å². The maximum atomic E-state index is 5.58. The van der Waals surface area contributed by atoms with Crippen LogP contribution in [0.4, 0.5) is 11.4 Å². The van der Waals surface area contributed by atoms with Crippen molar-refractivity contribution in [2.45, 2.75) is 0 Å². The summed E-state index contributed by atoms with van der Waals surface area (Å²) in [5.74, 6) is 0. The normalized spacial score (nSPS) is 14.3. The van der Waals surface area contributed by atoms with E-state index in [-0.39, 0.29) is 0 Å². The first-order valence-electron chi connectivity index (χ1n) is 9.34. The number of hydrogen-bond donors (Lipinski definition) is 3. The van der Waals surface area contributed by atoms with E-state index >= 15 is 0 Å². The van der Waals surface area contributed by atoms with Crippen LogP contribution in [0, 0.1) is 7.14 Å². The summed E-state index contributed by atoms with van der Waals surface area (Å²) < 4.78 is 2.42. The lowest BCUT2D eigenvalue weighted by atomic mass is 10.3. The van der Waals surface area contributed by atoms with Gasteiger partial charge < -0.3 is 20.9 Å². The second kappa shape index (κ2) is 11.6. The highest BCUT2D eigenvalue weighted by Gasteiger charge is 2.18. The third-order valence-corrected chi connectivity index (χ3v) is 6.62. The van der Waals surface area contributed by atoms with Gasteiger partial charge in [0.05, 0.1) is 0 Å². The van der Waals surface area contributed by atoms with Gasteiger partial charge in [0.25, 0.3) is 0 Å². The molecule has 154 valence electrons. The first-order chi connectivity index (χ1) is 14.0. The van der Waals surface area contributed by atoms with Crippen molar-refractivity contribution in [2.75, 3.05) is 49.9 Å². The van der Waals surface area contributed by atoms with E-state index in [0.717, 1.165) is 55.8 Å². The Hall–Kier alpha value is -0.760. The summed E-state index contributed by atoms with van der Waals surface area (Å²) in [6, 6.07) is 16.4. The van der Waals surface area contributed by atoms with E-state index in [0.29, 0.717) is 5.11 Å². The summed E-state index contributed by atoms with van der Waals surface area (Å²) in [5, 5.41) is 11.3. The van der Waals surface area contributed by atoms with Crippen LogP contribution in [0.25, 0.3) is 0 Å². The highest BCUT2D eigenvalue weighted by Crippen LogP contribution is 2.13. The number of nitrogens with one attached hydrogen (secondary N) is 3. The molecule has 1 fully saturated rings. The molecule has 2 aromatic carbocycles. The largest absolute Gasteiger partial charge is 0.361 e. The number of piperazine rings is 1. The van der Waals surface area contributed by atoms with Crippen LogP contribution in [0.1, 0.15) is 0 Å². The van der Waals surface area contributed by atoms with Gasteiger partial charge in [0, 0.05) is 57.8 Å². The number of halogens is 2. The van der Waals surface area contributed by atoms with Crippen LogP contribution in [0.3, 0.4) is 0 Å². The molecule has 3 N–H and O–H groups in total. The molecule has 5 nitrogen and oxygen atoms in total. The molecular formula is C20H23I2N5S2. The summed E-state index contributed by atoms with van der Waals surface area (Å²) in [5.41, 5.74) is 2.04. The smallest absolute Gasteiger partial charge is 0.173 e. The van der Waals surface area contributed by atoms with E-state index in [1.54, 1.807) is 0 Å². The van der Waals surface area contributed by atoms with Crippen molar-refractivity contribution in [3.05, 3.63) is 55.7 Å². The number of benzene rings is 2. The van der Waals surface area contributed by atoms with E-state index in [4.69, 9.17) is 24.4 Å². The van der Waals surface area contributed by atoms with Crippen LogP contribution in [0.2, 0.25) is 0 Å². The molecule has 0 aromatic heterocycles. The van der Waals surface area contributed by atoms with Gasteiger partial charge >= 0.3 is 0 Å². The molecule has 1 aliphatic heterocycles. The SMILES string of the molecule is S=C(NCCN1CCN(C(=S)Nc2ccc(I)cc2)CC1)Nc1ccc(I)cc1. The maximum absolute atomic E-state index is 5.58. The fraction of sp³-hybridized carbons (Fsp3) is 0.300. The molecule has 0 aliphatic carbocycles. The molecule has 0 radical (unpaired) electrons. The molecule has 0 amide bonds. The van der Waals surface area contributed by atoms with Crippen LogP contribution in [-0.2, 0) is 0 Å². The van der Waals surface area contributed by atoms with E-state index < -0.39 is 0 Å². The minimum Gasteiger partial charge on any atom is -0.361 e. The summed E-state index contributed by atoms with van der Waals surface area (Å²) in [6.45, 7) is 5.63. The van der Waals surface area contributed by atoms with Crippen LogP contribution in [0.15, 0.2) is 48.5 Å². The summed E-state index contributed by atoms with van der Waals surface area (Å²) in [7, 11) is 0. The van der Waals surface area contributed by atoms with E-state index in [9.17, 15) is 0 Å². The second-order valence-electron chi connectivity index (χ2n) is 6.65. The predicted octanol–water partition coefficient (Wildman–Crippen LogP) is 4.20. The quantitative estimate of drug-likeness (QED) is 0.331. The van der Waals surface area contributed by atoms with Crippen molar-refractivity contribution < 1.29 is 0 Å². The highest BCUT2D eigenvalue weighted by atomic mass is 127. The number of nitrogens with zero attached hydrogens (tertiary/aromatic N) is 2. The standard InChI is InChI=1S/C20H23I2N5S2/c21-15-1-5-17(6-2-15)24-19(28)23-9-10-26-11-13-27(14-12-26)20(29)25-18-7-3-16(22)4-8-18/h1-8H,9-14H2,(H,25,29)(H2,23,24,28). The summed E-state index contributed by atoms with van der Waals surface area (Å²) >= 11 is 15.6. The molecule has 29 heavy (non-hydrogen) atoms. The molecule has 0 spiro atoms. The van der Waals surface area contributed by atoms with Crippen LogP contribution >= 0.6 is 69.6 Å². The van der Waals surface area contributed by atoms with Gasteiger partial charge in [0.2, 0.25) is 0 Å². The van der Waals surface area contributed by atoms with E-state index in [1.165, 1.54) is 7.14 Å². The topological polar surface area (TPSA) is 42.6 Å². The van der Waals surface area contributed by atoms with Crippen molar-refractivity contribution >= 4 is 91.2 Å². The lowest BCUT2D eigenvalue weighted by Gasteiger charge is -2.36. The minimum atomic E-state index is 0.660. The Bertz CT molecular complexity index is 819. The van der Waals surface area contributed by atoms with Gasteiger partial charge in [-0.2, -0.15) is 0 Å². The van der Waals surface area contributed by atoms with Crippen molar-refractivity contribution in [1.29, 1.82) is 0 Å². The monoisotopic (exact) mass is 651 g/mol. The zero-order valence-corrected chi connectivity index (χ0v) is 21.8. The van der Waals surface area contributed by atoms with Gasteiger partial charge in [-0.1, -0.05) is 0 Å². The first-order valence-corrected chi connectivity index (χ1v) is 12.3. The number of thiocarbonyl (C=S) groups is 2. The van der Waals surface area contributed by atoms with Gasteiger partial charge in [-0.15, -0.1) is 0 Å². The Morgan fingerprint density at radius 3 is 1.86 bits per heavy atom. The van der Waals surface area contributed by atoms with Gasteiger partial charge in [0.15, 0.2) is 10.2 Å². The lowest BCUT2D eigenvalue weighted by Crippen LogP contribution is -2.51. The number of hydrogen-bond acceptors (Lipinski definition) is 3. The zero-order valence-electron chi connectivity index (χ0n) is 15.8. The molecule has 2 aromatic rings. The zero-order chi connectivity index (χ0) is 20.6.